The molecule has 0 amide bonds. The van der Waals surface area contributed by atoms with Crippen LogP contribution >= 0.6 is 0 Å². The Morgan fingerprint density at radius 3 is 2.24 bits per heavy atom. The van der Waals surface area contributed by atoms with Crippen LogP contribution in [0.15, 0.2) is 88.1 Å². The molecule has 0 saturated heterocycles. The average molecular weight is 326 g/mol. The molecule has 2 heteroatoms. The topological polar surface area (TPSA) is 30.2 Å². The number of benzene rings is 3. The molecule has 4 rings (SSSR count). The van der Waals surface area contributed by atoms with Gasteiger partial charge in [-0.1, -0.05) is 66.7 Å². The fourth-order valence-electron chi connectivity index (χ4n) is 3.15. The van der Waals surface area contributed by atoms with Crippen LogP contribution in [0, 0.1) is 6.92 Å². The Labute approximate surface area is 146 Å². The predicted molar refractivity (Wildman–Crippen MR) is 102 cm³/mol. The lowest BCUT2D eigenvalue weighted by molar-refractivity contribution is 0.551. The van der Waals surface area contributed by atoms with Gasteiger partial charge in [0.15, 0.2) is 0 Å². The Morgan fingerprint density at radius 2 is 1.52 bits per heavy atom. The molecule has 1 heterocycles. The summed E-state index contributed by atoms with van der Waals surface area (Å²) in [4.78, 5) is 13.2. The molecule has 3 aromatic carbocycles. The van der Waals surface area contributed by atoms with E-state index in [1.165, 1.54) is 0 Å². The Hall–Kier alpha value is -3.13. The fraction of sp³-hybridized carbons (Fsp3) is 0.0870. The number of fused-ring (bicyclic) bond motifs is 1. The Morgan fingerprint density at radius 1 is 0.840 bits per heavy atom. The third-order valence-electron chi connectivity index (χ3n) is 4.39. The predicted octanol–water partition coefficient (Wildman–Crippen LogP) is 5.36. The SMILES string of the molecule is Cc1ccc2c(=O)c(-c3ccccc3)c(Cc3ccccc3)oc2c1. The molecule has 0 fully saturated rings. The third-order valence-corrected chi connectivity index (χ3v) is 4.39. The minimum Gasteiger partial charge on any atom is -0.460 e. The van der Waals surface area contributed by atoms with Crippen molar-refractivity contribution < 1.29 is 4.42 Å². The average Bonchev–Trinajstić information content (AvgIpc) is 2.63. The van der Waals surface area contributed by atoms with E-state index in [9.17, 15) is 4.79 Å². The smallest absolute Gasteiger partial charge is 0.200 e. The summed E-state index contributed by atoms with van der Waals surface area (Å²) in [6.45, 7) is 2.00. The zero-order valence-corrected chi connectivity index (χ0v) is 14.0. The molecule has 0 atom stereocenters. The molecule has 0 aliphatic rings. The maximum Gasteiger partial charge on any atom is 0.200 e. The van der Waals surface area contributed by atoms with Crippen molar-refractivity contribution in [1.29, 1.82) is 0 Å². The van der Waals surface area contributed by atoms with Gasteiger partial charge in [0.05, 0.1) is 10.9 Å². The molecule has 0 unspecified atom stereocenters. The van der Waals surface area contributed by atoms with Crippen LogP contribution in [-0.2, 0) is 6.42 Å². The summed E-state index contributed by atoms with van der Waals surface area (Å²) < 4.78 is 6.21. The van der Waals surface area contributed by atoms with E-state index in [2.05, 4.69) is 12.1 Å². The molecule has 2 nitrogen and oxygen atoms in total. The van der Waals surface area contributed by atoms with E-state index in [0.29, 0.717) is 28.7 Å². The number of rotatable bonds is 3. The minimum absolute atomic E-state index is 0.0263. The molecule has 0 radical (unpaired) electrons. The van der Waals surface area contributed by atoms with Gasteiger partial charge in [0.2, 0.25) is 5.43 Å². The first-order chi connectivity index (χ1) is 12.2. The van der Waals surface area contributed by atoms with Crippen molar-refractivity contribution in [2.24, 2.45) is 0 Å². The summed E-state index contributed by atoms with van der Waals surface area (Å²) in [6.07, 6.45) is 0.587. The van der Waals surface area contributed by atoms with Crippen molar-refractivity contribution in [3.8, 4) is 11.1 Å². The second kappa shape index (κ2) is 6.40. The maximum absolute atomic E-state index is 13.2. The summed E-state index contributed by atoms with van der Waals surface area (Å²) in [6, 6.07) is 25.6. The van der Waals surface area contributed by atoms with E-state index in [-0.39, 0.29) is 5.43 Å². The summed E-state index contributed by atoms with van der Waals surface area (Å²) in [5.41, 5.74) is 4.42. The van der Waals surface area contributed by atoms with Crippen molar-refractivity contribution >= 4 is 11.0 Å². The molecule has 25 heavy (non-hydrogen) atoms. The molecule has 0 aliphatic heterocycles. The van der Waals surface area contributed by atoms with Crippen LogP contribution in [0.3, 0.4) is 0 Å². The molecule has 0 spiro atoms. The first-order valence-corrected chi connectivity index (χ1v) is 8.38. The summed E-state index contributed by atoms with van der Waals surface area (Å²) in [5, 5.41) is 0.626. The van der Waals surface area contributed by atoms with Crippen LogP contribution < -0.4 is 5.43 Å². The van der Waals surface area contributed by atoms with Gasteiger partial charge in [0.25, 0.3) is 0 Å². The standard InChI is InChI=1S/C23H18O2/c1-16-12-13-19-20(14-16)25-21(15-17-8-4-2-5-9-17)22(23(19)24)18-10-6-3-7-11-18/h2-14H,15H2,1H3. The quantitative estimate of drug-likeness (QED) is 0.507. The Bertz CT molecular complexity index is 1080. The van der Waals surface area contributed by atoms with E-state index in [1.807, 2.05) is 73.7 Å². The largest absolute Gasteiger partial charge is 0.460 e. The molecule has 0 N–H and O–H groups in total. The van der Waals surface area contributed by atoms with Gasteiger partial charge in [-0.15, -0.1) is 0 Å². The van der Waals surface area contributed by atoms with E-state index < -0.39 is 0 Å². The van der Waals surface area contributed by atoms with Gasteiger partial charge in [0.1, 0.15) is 11.3 Å². The van der Waals surface area contributed by atoms with Crippen LogP contribution in [0.1, 0.15) is 16.9 Å². The van der Waals surface area contributed by atoms with Crippen LogP contribution in [0.2, 0.25) is 0 Å². The zero-order valence-electron chi connectivity index (χ0n) is 14.0. The first-order valence-electron chi connectivity index (χ1n) is 8.38. The van der Waals surface area contributed by atoms with E-state index in [1.54, 1.807) is 0 Å². The highest BCUT2D eigenvalue weighted by atomic mass is 16.3. The van der Waals surface area contributed by atoms with E-state index >= 15 is 0 Å². The van der Waals surface area contributed by atoms with Crippen molar-refractivity contribution in [2.75, 3.05) is 0 Å². The van der Waals surface area contributed by atoms with Gasteiger partial charge in [-0.3, -0.25) is 4.79 Å². The minimum atomic E-state index is 0.0263. The van der Waals surface area contributed by atoms with Crippen molar-refractivity contribution in [3.63, 3.8) is 0 Å². The highest BCUT2D eigenvalue weighted by Crippen LogP contribution is 2.27. The Balaban J connectivity index is 1.99. The van der Waals surface area contributed by atoms with Crippen LogP contribution in [0.4, 0.5) is 0 Å². The van der Waals surface area contributed by atoms with Crippen LogP contribution in [0.25, 0.3) is 22.1 Å². The van der Waals surface area contributed by atoms with Crippen LogP contribution in [0.5, 0.6) is 0 Å². The zero-order chi connectivity index (χ0) is 17.2. The lowest BCUT2D eigenvalue weighted by Crippen LogP contribution is -2.09. The van der Waals surface area contributed by atoms with E-state index in [0.717, 1.165) is 16.7 Å². The van der Waals surface area contributed by atoms with Gasteiger partial charge in [-0.05, 0) is 35.7 Å². The van der Waals surface area contributed by atoms with Crippen molar-refractivity contribution in [3.05, 3.63) is 106 Å². The first kappa shape index (κ1) is 15.4. The maximum atomic E-state index is 13.2. The Kier molecular flexibility index (Phi) is 3.95. The van der Waals surface area contributed by atoms with Gasteiger partial charge in [0, 0.05) is 6.42 Å². The summed E-state index contributed by atoms with van der Waals surface area (Å²) >= 11 is 0. The van der Waals surface area contributed by atoms with Gasteiger partial charge in [-0.2, -0.15) is 0 Å². The number of hydrogen-bond acceptors (Lipinski definition) is 2. The van der Waals surface area contributed by atoms with Gasteiger partial charge < -0.3 is 4.42 Å². The summed E-state index contributed by atoms with van der Waals surface area (Å²) in [5.74, 6) is 0.709. The second-order valence-electron chi connectivity index (χ2n) is 6.26. The molecule has 0 aliphatic carbocycles. The molecular formula is C23H18O2. The molecule has 122 valence electrons. The van der Waals surface area contributed by atoms with Crippen molar-refractivity contribution in [1.82, 2.24) is 0 Å². The number of hydrogen-bond donors (Lipinski definition) is 0. The molecule has 0 bridgehead atoms. The number of aryl methyl sites for hydroxylation is 1. The lowest BCUT2D eigenvalue weighted by atomic mass is 9.98. The molecule has 0 saturated carbocycles. The monoisotopic (exact) mass is 326 g/mol. The molecular weight excluding hydrogens is 308 g/mol. The van der Waals surface area contributed by atoms with Crippen molar-refractivity contribution in [2.45, 2.75) is 13.3 Å². The summed E-state index contributed by atoms with van der Waals surface area (Å²) in [7, 11) is 0. The molecule has 4 aromatic rings. The van der Waals surface area contributed by atoms with Gasteiger partial charge >= 0.3 is 0 Å². The highest BCUT2D eigenvalue weighted by Gasteiger charge is 2.16. The van der Waals surface area contributed by atoms with Crippen LogP contribution in [-0.4, -0.2) is 0 Å². The fourth-order valence-corrected chi connectivity index (χ4v) is 3.15. The van der Waals surface area contributed by atoms with E-state index in [4.69, 9.17) is 4.42 Å². The highest BCUT2D eigenvalue weighted by molar-refractivity contribution is 5.83. The normalized spacial score (nSPS) is 10.9. The lowest BCUT2D eigenvalue weighted by Gasteiger charge is -2.11. The van der Waals surface area contributed by atoms with Gasteiger partial charge in [-0.25, -0.2) is 0 Å². The molecule has 1 aromatic heterocycles. The third kappa shape index (κ3) is 2.99. The second-order valence-corrected chi connectivity index (χ2v) is 6.26.